The number of nitrogens with one attached hydrogen (secondary N) is 3. The monoisotopic (exact) mass is 845 g/mol. The van der Waals surface area contributed by atoms with Crippen molar-refractivity contribution >= 4 is 63.1 Å². The summed E-state index contributed by atoms with van der Waals surface area (Å²) in [5, 5.41) is 6.36. The molecule has 3 fully saturated rings. The molecular weight excluding hydrogens is 801 g/mol. The van der Waals surface area contributed by atoms with Crippen LogP contribution in [-0.4, -0.2) is 97.7 Å². The van der Waals surface area contributed by atoms with Crippen molar-refractivity contribution in [1.82, 2.24) is 25.2 Å². The molecule has 5 aliphatic rings. The quantitative estimate of drug-likeness (QED) is 0.347. The van der Waals surface area contributed by atoms with Crippen molar-refractivity contribution < 1.29 is 46.6 Å². The topological polar surface area (TPSA) is 190 Å². The Kier molecular flexibility index (Phi) is 12.3. The summed E-state index contributed by atoms with van der Waals surface area (Å²) < 4.78 is 45.6. The zero-order valence-corrected chi connectivity index (χ0v) is 33.5. The highest BCUT2D eigenvalue weighted by Crippen LogP contribution is 2.46. The van der Waals surface area contributed by atoms with Crippen molar-refractivity contribution in [3.8, 4) is 0 Å². The summed E-state index contributed by atoms with van der Waals surface area (Å²) in [5.74, 6) is -2.80. The van der Waals surface area contributed by atoms with Crippen LogP contribution in [-0.2, 0) is 51.7 Å². The van der Waals surface area contributed by atoms with Gasteiger partial charge in [0.05, 0.1) is 31.2 Å². The summed E-state index contributed by atoms with van der Waals surface area (Å²) in [6.45, 7) is 1.21. The van der Waals surface area contributed by atoms with Crippen LogP contribution in [0.25, 0.3) is 0 Å². The maximum absolute atomic E-state index is 14.5. The van der Waals surface area contributed by atoms with Gasteiger partial charge < -0.3 is 29.7 Å². The smallest absolute Gasteiger partial charge is 0.410 e. The van der Waals surface area contributed by atoms with Gasteiger partial charge in [0.2, 0.25) is 11.8 Å². The Balaban J connectivity index is 1.13. The van der Waals surface area contributed by atoms with E-state index in [9.17, 15) is 32.4 Å². The van der Waals surface area contributed by atoms with Gasteiger partial charge >= 0.3 is 12.2 Å². The Morgan fingerprint density at radius 3 is 2.46 bits per heavy atom. The number of benzene rings is 2. The minimum atomic E-state index is -4.36. The molecule has 1 aliphatic carbocycles. The van der Waals surface area contributed by atoms with E-state index in [0.717, 1.165) is 17.5 Å². The highest BCUT2D eigenvalue weighted by atomic mass is 35.5. The highest BCUT2D eigenvalue weighted by molar-refractivity contribution is 7.90. The van der Waals surface area contributed by atoms with Crippen molar-refractivity contribution in [1.29, 1.82) is 0 Å². The molecule has 0 spiro atoms. The third kappa shape index (κ3) is 9.35. The van der Waals surface area contributed by atoms with Crippen LogP contribution in [0.4, 0.5) is 9.59 Å². The molecule has 1 saturated carbocycles. The number of rotatable bonds is 6. The third-order valence-corrected chi connectivity index (χ3v) is 13.1. The molecule has 5 atom stereocenters. The average molecular weight is 847 g/mol. The second kappa shape index (κ2) is 17.2. The van der Waals surface area contributed by atoms with E-state index in [1.165, 1.54) is 34.1 Å². The number of fused-ring (bicyclic) bond motifs is 3. The van der Waals surface area contributed by atoms with Crippen LogP contribution in [0.1, 0.15) is 68.9 Å². The van der Waals surface area contributed by atoms with E-state index in [2.05, 4.69) is 15.4 Å². The van der Waals surface area contributed by atoms with Crippen LogP contribution in [0.5, 0.6) is 0 Å². The standard InChI is InChI=1S/C39H45Cl2N5O10S/c40-26-11-13-29(14-12-26)57(52,53)44-36(49)39-20-25(39)8-4-2-1-3-5-10-32(42-37(50)55-27-15-17-54-18-16-27)35(48)46-22-28(19-33(46)34(47)43-39)56-38(51)45-21-24-7-6-9-31(41)30(24)23-45/h4,6-9,11-14,25,27-28,32-33H,1-3,5,10,15-23H2,(H,42,50)(H,43,47)(H,44,49)/b8-4-/t25-,28+,32-,33-,39-/m0/s1. The van der Waals surface area contributed by atoms with E-state index in [-0.39, 0.29) is 49.9 Å². The largest absolute Gasteiger partial charge is 0.446 e. The van der Waals surface area contributed by atoms with Gasteiger partial charge in [-0.1, -0.05) is 60.3 Å². The number of allylic oxidation sites excluding steroid dienone is 1. The Morgan fingerprint density at radius 1 is 0.930 bits per heavy atom. The van der Waals surface area contributed by atoms with Crippen LogP contribution in [0.2, 0.25) is 10.0 Å². The van der Waals surface area contributed by atoms with E-state index in [1.807, 2.05) is 12.1 Å². The summed E-state index contributed by atoms with van der Waals surface area (Å²) >= 11 is 12.3. The van der Waals surface area contributed by atoms with Crippen molar-refractivity contribution in [2.75, 3.05) is 19.8 Å². The lowest BCUT2D eigenvalue weighted by Gasteiger charge is -2.30. The lowest BCUT2D eigenvalue weighted by atomic mass is 10.0. The molecule has 57 heavy (non-hydrogen) atoms. The average Bonchev–Trinajstić information content (AvgIpc) is 3.46. The molecule has 0 radical (unpaired) electrons. The molecule has 2 aromatic carbocycles. The van der Waals surface area contributed by atoms with Crippen LogP contribution >= 0.6 is 23.2 Å². The zero-order valence-electron chi connectivity index (χ0n) is 31.1. The van der Waals surface area contributed by atoms with E-state index in [1.54, 1.807) is 18.2 Å². The predicted molar refractivity (Wildman–Crippen MR) is 206 cm³/mol. The van der Waals surface area contributed by atoms with Crippen molar-refractivity contribution in [3.05, 3.63) is 75.8 Å². The van der Waals surface area contributed by atoms with Crippen LogP contribution < -0.4 is 15.4 Å². The van der Waals surface area contributed by atoms with E-state index >= 15 is 0 Å². The first-order valence-electron chi connectivity index (χ1n) is 19.2. The van der Waals surface area contributed by atoms with Crippen molar-refractivity contribution in [3.63, 3.8) is 0 Å². The molecule has 5 amide bonds. The molecule has 0 bridgehead atoms. The summed E-state index contributed by atoms with van der Waals surface area (Å²) in [5.41, 5.74) is 0.0352. The number of hydrogen-bond donors (Lipinski definition) is 3. The molecule has 15 nitrogen and oxygen atoms in total. The molecule has 3 N–H and O–H groups in total. The molecule has 18 heteroatoms. The summed E-state index contributed by atoms with van der Waals surface area (Å²) in [4.78, 5) is 72.0. The van der Waals surface area contributed by atoms with Gasteiger partial charge in [0, 0.05) is 41.8 Å². The third-order valence-electron chi connectivity index (χ3n) is 11.2. The van der Waals surface area contributed by atoms with Crippen molar-refractivity contribution in [2.45, 2.75) is 106 Å². The molecule has 4 heterocycles. The summed E-state index contributed by atoms with van der Waals surface area (Å²) in [6, 6.07) is 8.38. The summed E-state index contributed by atoms with van der Waals surface area (Å²) in [7, 11) is -4.36. The van der Waals surface area contributed by atoms with Gasteiger partial charge in [0.1, 0.15) is 29.8 Å². The molecule has 0 aromatic heterocycles. The minimum absolute atomic E-state index is 0.108. The first-order valence-corrected chi connectivity index (χ1v) is 21.5. The molecule has 306 valence electrons. The van der Waals surface area contributed by atoms with E-state index in [0.29, 0.717) is 55.4 Å². The fourth-order valence-electron chi connectivity index (χ4n) is 7.90. The lowest BCUT2D eigenvalue weighted by Crippen LogP contribution is -2.58. The number of nitrogens with zero attached hydrogens (tertiary/aromatic N) is 2. The molecule has 2 aromatic rings. The first kappa shape index (κ1) is 40.8. The number of amides is 5. The number of carbonyl (C=O) groups is 5. The number of hydrogen-bond acceptors (Lipinski definition) is 10. The van der Waals surface area contributed by atoms with Gasteiger partial charge in [-0.2, -0.15) is 0 Å². The fourth-order valence-corrected chi connectivity index (χ4v) is 9.32. The highest BCUT2D eigenvalue weighted by Gasteiger charge is 2.61. The number of carbonyl (C=O) groups excluding carboxylic acids is 5. The molecule has 2 saturated heterocycles. The number of alkyl carbamates (subject to hydrolysis) is 1. The number of sulfonamides is 1. The number of halogens is 2. The lowest BCUT2D eigenvalue weighted by molar-refractivity contribution is -0.141. The maximum Gasteiger partial charge on any atom is 0.410 e. The number of ether oxygens (including phenoxy) is 3. The van der Waals surface area contributed by atoms with E-state index < -0.39 is 69.6 Å². The summed E-state index contributed by atoms with van der Waals surface area (Å²) in [6.07, 6.45) is 4.90. The SMILES string of the molecule is O=C(N[C@H]1CCCCC/C=C\[C@H]2C[C@]2(C(=O)NS(=O)(=O)c2ccc(Cl)cc2)NC(=O)[C@@H]2C[C@@H](OC(=O)N3Cc4cccc(Cl)c4C3)CN2C1=O)OC1CCOCC1. The van der Waals surface area contributed by atoms with Gasteiger partial charge in [-0.25, -0.2) is 22.7 Å². The minimum Gasteiger partial charge on any atom is -0.446 e. The Hall–Kier alpha value is -4.38. The predicted octanol–water partition coefficient (Wildman–Crippen LogP) is 4.59. The fraction of sp³-hybridized carbons (Fsp3) is 0.513. The van der Waals surface area contributed by atoms with Crippen LogP contribution in [0, 0.1) is 5.92 Å². The zero-order chi connectivity index (χ0) is 40.3. The van der Waals surface area contributed by atoms with Gasteiger partial charge in [-0.15, -0.1) is 0 Å². The molecular formula is C39H45Cl2N5O10S. The van der Waals surface area contributed by atoms with Gasteiger partial charge in [-0.3, -0.25) is 19.3 Å². The van der Waals surface area contributed by atoms with Gasteiger partial charge in [-0.05, 0) is 67.1 Å². The Morgan fingerprint density at radius 2 is 1.70 bits per heavy atom. The van der Waals surface area contributed by atoms with Crippen molar-refractivity contribution in [2.24, 2.45) is 5.92 Å². The van der Waals surface area contributed by atoms with Gasteiger partial charge in [0.25, 0.3) is 15.9 Å². The normalized spacial score (nSPS) is 27.4. The molecule has 0 unspecified atom stereocenters. The maximum atomic E-state index is 14.5. The second-order valence-corrected chi connectivity index (χ2v) is 17.6. The van der Waals surface area contributed by atoms with E-state index in [4.69, 9.17) is 37.4 Å². The Labute approximate surface area is 340 Å². The first-order chi connectivity index (χ1) is 27.3. The molecule has 7 rings (SSSR count). The van der Waals surface area contributed by atoms with Gasteiger partial charge in [0.15, 0.2) is 0 Å². The Bertz CT molecular complexity index is 2030. The van der Waals surface area contributed by atoms with Crippen LogP contribution in [0.15, 0.2) is 59.5 Å². The second-order valence-electron chi connectivity index (χ2n) is 15.1. The van der Waals surface area contributed by atoms with Crippen LogP contribution in [0.3, 0.4) is 0 Å². The molecule has 4 aliphatic heterocycles.